The van der Waals surface area contributed by atoms with Crippen LogP contribution in [0.2, 0.25) is 0 Å². The predicted molar refractivity (Wildman–Crippen MR) is 61.8 cm³/mol. The fourth-order valence-corrected chi connectivity index (χ4v) is 1.07. The first-order valence-corrected chi connectivity index (χ1v) is 5.59. The van der Waals surface area contributed by atoms with E-state index < -0.39 is 49.3 Å². The van der Waals surface area contributed by atoms with Gasteiger partial charge in [0.25, 0.3) is 5.92 Å². The summed E-state index contributed by atoms with van der Waals surface area (Å²) in [7, 11) is 0. The van der Waals surface area contributed by atoms with Crippen molar-refractivity contribution in [3.8, 4) is 0 Å². The Kier molecular flexibility index (Phi) is 6.65. The molecule has 0 unspecified atom stereocenters. The van der Waals surface area contributed by atoms with Gasteiger partial charge in [-0.2, -0.15) is 17.6 Å². The first-order chi connectivity index (χ1) is 9.87. The Labute approximate surface area is 121 Å². The maximum atomic E-state index is 13.3. The van der Waals surface area contributed by atoms with Gasteiger partial charge in [0.1, 0.15) is 0 Å². The van der Waals surface area contributed by atoms with Crippen LogP contribution in [-0.2, 0) is 19.1 Å². The molecule has 10 heteroatoms. The first-order valence-electron chi connectivity index (χ1n) is 5.59. The van der Waals surface area contributed by atoms with Crippen LogP contribution in [0.4, 0.5) is 26.3 Å². The molecule has 0 saturated heterocycles. The molecule has 0 bridgehead atoms. The van der Waals surface area contributed by atoms with Crippen molar-refractivity contribution in [1.29, 1.82) is 0 Å². The fourth-order valence-electron chi connectivity index (χ4n) is 1.07. The van der Waals surface area contributed by atoms with E-state index in [0.717, 1.165) is 0 Å². The summed E-state index contributed by atoms with van der Waals surface area (Å²) < 4.78 is 86.8. The molecule has 0 aromatic heterocycles. The largest absolute Gasteiger partial charge is 0.456 e. The molecule has 0 aliphatic carbocycles. The van der Waals surface area contributed by atoms with E-state index in [-0.39, 0.29) is 0 Å². The number of rotatable bonds is 9. The molecule has 4 nitrogen and oxygen atoms in total. The highest BCUT2D eigenvalue weighted by molar-refractivity contribution is 5.81. The van der Waals surface area contributed by atoms with Gasteiger partial charge in [-0.25, -0.2) is 18.4 Å². The monoisotopic (exact) mass is 334 g/mol. The Morgan fingerprint density at radius 3 is 1.64 bits per heavy atom. The normalized spacial score (nSPS) is 12.5. The van der Waals surface area contributed by atoms with Crippen molar-refractivity contribution in [1.82, 2.24) is 0 Å². The second-order valence-electron chi connectivity index (χ2n) is 4.07. The van der Waals surface area contributed by atoms with E-state index in [1.165, 1.54) is 0 Å². The summed E-state index contributed by atoms with van der Waals surface area (Å²) in [5.74, 6) is -17.4. The van der Waals surface area contributed by atoms with E-state index in [9.17, 15) is 35.9 Å². The molecule has 0 heterocycles. The second kappa shape index (κ2) is 7.32. The molecule has 0 radical (unpaired) electrons. The number of esters is 2. The minimum absolute atomic E-state index is 0.442. The van der Waals surface area contributed by atoms with Crippen LogP contribution >= 0.6 is 0 Å². The molecule has 0 aliphatic rings. The Morgan fingerprint density at radius 1 is 0.818 bits per heavy atom. The minimum atomic E-state index is -5.21. The molecule has 0 N–H and O–H groups in total. The highest BCUT2D eigenvalue weighted by atomic mass is 19.3. The van der Waals surface area contributed by atoms with E-state index in [4.69, 9.17) is 0 Å². The quantitative estimate of drug-likeness (QED) is 0.370. The van der Waals surface area contributed by atoms with Crippen LogP contribution in [0.15, 0.2) is 25.3 Å². The Balaban J connectivity index is 4.82. The van der Waals surface area contributed by atoms with E-state index in [0.29, 0.717) is 12.2 Å². The van der Waals surface area contributed by atoms with Crippen LogP contribution in [0.25, 0.3) is 0 Å². The average molecular weight is 334 g/mol. The van der Waals surface area contributed by atoms with Crippen molar-refractivity contribution in [2.75, 3.05) is 13.2 Å². The Hall–Kier alpha value is -2.00. The van der Waals surface area contributed by atoms with Gasteiger partial charge in [-0.1, -0.05) is 13.2 Å². The van der Waals surface area contributed by atoms with Gasteiger partial charge in [-0.05, 0) is 0 Å². The van der Waals surface area contributed by atoms with Crippen LogP contribution in [-0.4, -0.2) is 42.9 Å². The summed E-state index contributed by atoms with van der Waals surface area (Å²) in [5, 5.41) is 0. The van der Waals surface area contributed by atoms with Crippen LogP contribution < -0.4 is 0 Å². The average Bonchev–Trinajstić information content (AvgIpc) is 2.40. The maximum Gasteiger partial charge on any atom is 0.343 e. The molecule has 0 amide bonds. The van der Waals surface area contributed by atoms with Gasteiger partial charge in [0, 0.05) is 12.2 Å². The first kappa shape index (κ1) is 20.0. The highest BCUT2D eigenvalue weighted by Crippen LogP contribution is 2.42. The summed E-state index contributed by atoms with van der Waals surface area (Å²) in [5.41, 5.74) is 0. The van der Waals surface area contributed by atoms with Crippen molar-refractivity contribution in [3.05, 3.63) is 25.3 Å². The molecule has 0 spiro atoms. The molecule has 0 aromatic rings. The van der Waals surface area contributed by atoms with Gasteiger partial charge in [0.15, 0.2) is 13.2 Å². The summed E-state index contributed by atoms with van der Waals surface area (Å²) in [6.07, 6.45) is -1.67. The number of halogens is 6. The second-order valence-corrected chi connectivity index (χ2v) is 4.07. The van der Waals surface area contributed by atoms with Gasteiger partial charge in [0.05, 0.1) is 6.42 Å². The van der Waals surface area contributed by atoms with Gasteiger partial charge in [-0.3, -0.25) is 0 Å². The SMILES string of the molecule is C=CC(=O)OCC(F)(F)CC(F)(F)C(F)(F)COC(=O)C=C. The van der Waals surface area contributed by atoms with Gasteiger partial charge in [0.2, 0.25) is 0 Å². The number of hydrogen-bond donors (Lipinski definition) is 0. The standard InChI is InChI=1S/C12H12F6O4/c1-3-8(19)21-6-10(13,14)5-11(15,16)12(17,18)7-22-9(20)4-2/h3-4H,1-2,5-7H2. The third-order valence-corrected chi connectivity index (χ3v) is 2.17. The third kappa shape index (κ3) is 6.19. The van der Waals surface area contributed by atoms with Crippen molar-refractivity contribution >= 4 is 11.9 Å². The zero-order chi connectivity index (χ0) is 17.6. The van der Waals surface area contributed by atoms with Gasteiger partial charge in [-0.15, -0.1) is 0 Å². The Bertz CT molecular complexity index is 447. The number of carbonyl (C=O) groups is 2. The van der Waals surface area contributed by atoms with Crippen molar-refractivity contribution in [3.63, 3.8) is 0 Å². The van der Waals surface area contributed by atoms with E-state index >= 15 is 0 Å². The summed E-state index contributed by atoms with van der Waals surface area (Å²) in [4.78, 5) is 21.1. The summed E-state index contributed by atoms with van der Waals surface area (Å²) in [6, 6.07) is 0. The fraction of sp³-hybridized carbons (Fsp3) is 0.500. The molecule has 0 aliphatic heterocycles. The topological polar surface area (TPSA) is 52.6 Å². The lowest BCUT2D eigenvalue weighted by atomic mass is 10.0. The highest BCUT2D eigenvalue weighted by Gasteiger charge is 2.61. The molecule has 22 heavy (non-hydrogen) atoms. The Morgan fingerprint density at radius 2 is 1.23 bits per heavy atom. The van der Waals surface area contributed by atoms with E-state index in [2.05, 4.69) is 22.6 Å². The zero-order valence-corrected chi connectivity index (χ0v) is 11.1. The molecule has 0 saturated carbocycles. The van der Waals surface area contributed by atoms with Crippen molar-refractivity contribution in [2.45, 2.75) is 24.2 Å². The van der Waals surface area contributed by atoms with Gasteiger partial charge < -0.3 is 9.47 Å². The van der Waals surface area contributed by atoms with Crippen LogP contribution in [0.3, 0.4) is 0 Å². The lowest BCUT2D eigenvalue weighted by molar-refractivity contribution is -0.257. The summed E-state index contributed by atoms with van der Waals surface area (Å²) in [6.45, 7) is 1.80. The molecule has 126 valence electrons. The molecular weight excluding hydrogens is 322 g/mol. The summed E-state index contributed by atoms with van der Waals surface area (Å²) >= 11 is 0. The van der Waals surface area contributed by atoms with Crippen molar-refractivity contribution in [2.24, 2.45) is 0 Å². The maximum absolute atomic E-state index is 13.3. The lowest BCUT2D eigenvalue weighted by Gasteiger charge is -2.29. The van der Waals surface area contributed by atoms with Gasteiger partial charge >= 0.3 is 23.8 Å². The number of alkyl halides is 6. The number of ether oxygens (including phenoxy) is 2. The predicted octanol–water partition coefficient (Wildman–Crippen LogP) is 2.74. The van der Waals surface area contributed by atoms with E-state index in [1.54, 1.807) is 0 Å². The number of hydrogen-bond acceptors (Lipinski definition) is 4. The molecule has 0 fully saturated rings. The number of carbonyl (C=O) groups excluding carboxylic acids is 2. The molecule has 0 rings (SSSR count). The minimum Gasteiger partial charge on any atom is -0.456 e. The van der Waals surface area contributed by atoms with Crippen LogP contribution in [0, 0.1) is 0 Å². The van der Waals surface area contributed by atoms with Crippen molar-refractivity contribution < 1.29 is 45.4 Å². The molecular formula is C12H12F6O4. The van der Waals surface area contributed by atoms with E-state index in [1.807, 2.05) is 0 Å². The lowest BCUT2D eigenvalue weighted by Crippen LogP contribution is -2.49. The van der Waals surface area contributed by atoms with Crippen LogP contribution in [0.1, 0.15) is 6.42 Å². The molecule has 0 atom stereocenters. The smallest absolute Gasteiger partial charge is 0.343 e. The molecule has 0 aromatic carbocycles. The van der Waals surface area contributed by atoms with Crippen LogP contribution in [0.5, 0.6) is 0 Å². The zero-order valence-electron chi connectivity index (χ0n) is 11.1. The third-order valence-electron chi connectivity index (χ3n) is 2.17.